The molecule has 0 aromatic heterocycles. The standard InChI is InChI=1S/C51H93NO8/c1-3-5-7-9-11-13-15-16-17-18-19-20-21-22-23-24-25-26-27-28-29-30-31-33-35-37-39-41-47(55)52-44(43-59-51-50(58)49(57)48(56)46(42-53)60-51)45(54)40-38-36-34-32-14-12-10-8-6-4-2/h6,8,14,22-23,32,38,40,44-46,48-51,53-54,56-58H,3-5,7,9-13,15-21,24-31,33-37,39,41-43H2,1-2H3,(H,52,55)/b8-6+,23-22-,32-14+,40-38+. The predicted molar refractivity (Wildman–Crippen MR) is 249 cm³/mol. The van der Waals surface area contributed by atoms with Gasteiger partial charge in [-0.05, 0) is 64.2 Å². The van der Waals surface area contributed by atoms with Crippen LogP contribution in [0.15, 0.2) is 48.6 Å². The van der Waals surface area contributed by atoms with Crippen LogP contribution in [-0.4, -0.2) is 87.5 Å². The Hall–Kier alpha value is -1.85. The SMILES string of the molecule is CC/C=C/CC/C=C/CC/C=C/C(O)C(COC1OC(CO)C(O)C(O)C1O)NC(=O)CCCCCCCCCCCCC/C=C\CCCCCCCCCCCCCC. The molecule has 9 heteroatoms. The van der Waals surface area contributed by atoms with Crippen LogP contribution in [0.4, 0.5) is 0 Å². The molecule has 1 rings (SSSR count). The summed E-state index contributed by atoms with van der Waals surface area (Å²) in [4.78, 5) is 12.9. The molecule has 1 heterocycles. The van der Waals surface area contributed by atoms with Gasteiger partial charge in [0, 0.05) is 6.42 Å². The third-order valence-electron chi connectivity index (χ3n) is 11.6. The van der Waals surface area contributed by atoms with Gasteiger partial charge in [-0.3, -0.25) is 4.79 Å². The first-order valence-electron chi connectivity index (χ1n) is 24.9. The Labute approximate surface area is 367 Å². The molecule has 1 fully saturated rings. The molecule has 0 aromatic rings. The highest BCUT2D eigenvalue weighted by Crippen LogP contribution is 2.23. The Morgan fingerprint density at radius 3 is 1.48 bits per heavy atom. The van der Waals surface area contributed by atoms with E-state index >= 15 is 0 Å². The fraction of sp³-hybridized carbons (Fsp3) is 0.824. The Balaban J connectivity index is 2.19. The molecule has 60 heavy (non-hydrogen) atoms. The van der Waals surface area contributed by atoms with Crippen molar-refractivity contribution in [2.45, 2.75) is 256 Å². The Bertz CT molecular complexity index is 1080. The molecule has 7 unspecified atom stereocenters. The number of nitrogens with one attached hydrogen (secondary N) is 1. The van der Waals surface area contributed by atoms with Gasteiger partial charge in [-0.15, -0.1) is 0 Å². The predicted octanol–water partition coefficient (Wildman–Crippen LogP) is 11.0. The number of carbonyl (C=O) groups is 1. The minimum atomic E-state index is -1.57. The summed E-state index contributed by atoms with van der Waals surface area (Å²) in [6.45, 7) is 3.63. The summed E-state index contributed by atoms with van der Waals surface area (Å²) in [6, 6.07) is -0.826. The van der Waals surface area contributed by atoms with Crippen LogP contribution in [0.25, 0.3) is 0 Å². The maximum atomic E-state index is 12.9. The van der Waals surface area contributed by atoms with Gasteiger partial charge >= 0.3 is 0 Å². The first-order chi connectivity index (χ1) is 29.3. The van der Waals surface area contributed by atoms with Crippen LogP contribution in [0.2, 0.25) is 0 Å². The first-order valence-corrected chi connectivity index (χ1v) is 24.9. The van der Waals surface area contributed by atoms with E-state index in [4.69, 9.17) is 9.47 Å². The van der Waals surface area contributed by atoms with Crippen LogP contribution in [0.3, 0.4) is 0 Å². The summed E-state index contributed by atoms with van der Waals surface area (Å²) >= 11 is 0. The molecule has 1 amide bonds. The molecule has 1 aliphatic rings. The molecular formula is C51H93NO8. The van der Waals surface area contributed by atoms with E-state index in [-0.39, 0.29) is 12.5 Å². The Morgan fingerprint density at radius 2 is 1.00 bits per heavy atom. The second-order valence-electron chi connectivity index (χ2n) is 17.2. The van der Waals surface area contributed by atoms with E-state index in [1.807, 2.05) is 6.08 Å². The smallest absolute Gasteiger partial charge is 0.220 e. The minimum Gasteiger partial charge on any atom is -0.394 e. The van der Waals surface area contributed by atoms with Gasteiger partial charge in [0.15, 0.2) is 6.29 Å². The molecule has 0 spiro atoms. The first kappa shape index (κ1) is 56.2. The van der Waals surface area contributed by atoms with Crippen LogP contribution >= 0.6 is 0 Å². The average Bonchev–Trinajstić information content (AvgIpc) is 3.25. The zero-order chi connectivity index (χ0) is 43.7. The molecule has 1 aliphatic heterocycles. The fourth-order valence-electron chi connectivity index (χ4n) is 7.66. The van der Waals surface area contributed by atoms with E-state index in [2.05, 4.69) is 55.6 Å². The lowest BCUT2D eigenvalue weighted by atomic mass is 9.99. The van der Waals surface area contributed by atoms with Crippen LogP contribution in [-0.2, 0) is 14.3 Å². The van der Waals surface area contributed by atoms with Crippen molar-refractivity contribution in [3.63, 3.8) is 0 Å². The lowest BCUT2D eigenvalue weighted by molar-refractivity contribution is -0.302. The van der Waals surface area contributed by atoms with Crippen molar-refractivity contribution >= 4 is 5.91 Å². The van der Waals surface area contributed by atoms with Crippen molar-refractivity contribution in [2.75, 3.05) is 13.2 Å². The lowest BCUT2D eigenvalue weighted by Gasteiger charge is -2.40. The highest BCUT2D eigenvalue weighted by molar-refractivity contribution is 5.76. The number of hydrogen-bond acceptors (Lipinski definition) is 8. The van der Waals surface area contributed by atoms with Gasteiger partial charge in [-0.1, -0.05) is 191 Å². The third-order valence-corrected chi connectivity index (χ3v) is 11.6. The van der Waals surface area contributed by atoms with Crippen molar-refractivity contribution in [3.05, 3.63) is 48.6 Å². The van der Waals surface area contributed by atoms with Gasteiger partial charge < -0.3 is 40.3 Å². The summed E-state index contributed by atoms with van der Waals surface area (Å²) in [7, 11) is 0. The number of aliphatic hydroxyl groups excluding tert-OH is 5. The van der Waals surface area contributed by atoms with Gasteiger partial charge in [-0.2, -0.15) is 0 Å². The molecule has 7 atom stereocenters. The molecule has 0 saturated carbocycles. The van der Waals surface area contributed by atoms with E-state index in [1.54, 1.807) is 6.08 Å². The van der Waals surface area contributed by atoms with E-state index < -0.39 is 49.5 Å². The van der Waals surface area contributed by atoms with E-state index in [0.717, 1.165) is 51.4 Å². The molecule has 0 aliphatic carbocycles. The van der Waals surface area contributed by atoms with Gasteiger partial charge in [0.1, 0.15) is 24.4 Å². The number of unbranched alkanes of at least 4 members (excludes halogenated alkanes) is 25. The quantitative estimate of drug-likeness (QED) is 0.0263. The van der Waals surface area contributed by atoms with Gasteiger partial charge in [0.05, 0.1) is 25.4 Å². The molecular weight excluding hydrogens is 755 g/mol. The van der Waals surface area contributed by atoms with Crippen LogP contribution in [0.5, 0.6) is 0 Å². The lowest BCUT2D eigenvalue weighted by Crippen LogP contribution is -2.60. The summed E-state index contributed by atoms with van der Waals surface area (Å²) in [5.74, 6) is -0.194. The monoisotopic (exact) mass is 848 g/mol. The van der Waals surface area contributed by atoms with E-state index in [1.165, 1.54) is 141 Å². The topological polar surface area (TPSA) is 149 Å². The third kappa shape index (κ3) is 31.1. The molecule has 0 aromatic carbocycles. The summed E-state index contributed by atoms with van der Waals surface area (Å²) in [5, 5.41) is 54.1. The van der Waals surface area contributed by atoms with Crippen molar-refractivity contribution in [2.24, 2.45) is 0 Å². The minimum absolute atomic E-state index is 0.194. The Kier molecular flexibility index (Phi) is 38.5. The van der Waals surface area contributed by atoms with Crippen LogP contribution in [0, 0.1) is 0 Å². The van der Waals surface area contributed by atoms with Crippen LogP contribution < -0.4 is 5.32 Å². The van der Waals surface area contributed by atoms with Gasteiger partial charge in [-0.25, -0.2) is 0 Å². The van der Waals surface area contributed by atoms with Crippen molar-refractivity contribution in [1.82, 2.24) is 5.32 Å². The number of carbonyl (C=O) groups excluding carboxylic acids is 1. The number of amides is 1. The largest absolute Gasteiger partial charge is 0.394 e. The zero-order valence-corrected chi connectivity index (χ0v) is 38.5. The molecule has 0 radical (unpaired) electrons. The highest BCUT2D eigenvalue weighted by atomic mass is 16.7. The van der Waals surface area contributed by atoms with Gasteiger partial charge in [0.25, 0.3) is 0 Å². The number of rotatable bonds is 41. The second-order valence-corrected chi connectivity index (χ2v) is 17.2. The summed E-state index contributed by atoms with van der Waals surface area (Å²) < 4.78 is 11.2. The van der Waals surface area contributed by atoms with Gasteiger partial charge in [0.2, 0.25) is 5.91 Å². The normalized spacial score (nSPS) is 20.9. The molecule has 0 bridgehead atoms. The maximum absolute atomic E-state index is 12.9. The molecule has 350 valence electrons. The van der Waals surface area contributed by atoms with Crippen molar-refractivity contribution < 1.29 is 39.8 Å². The second kappa shape index (κ2) is 41.2. The summed E-state index contributed by atoms with van der Waals surface area (Å²) in [6.07, 6.45) is 46.2. The zero-order valence-electron chi connectivity index (χ0n) is 38.5. The molecule has 1 saturated heterocycles. The molecule has 9 nitrogen and oxygen atoms in total. The number of aliphatic hydroxyl groups is 5. The van der Waals surface area contributed by atoms with Crippen molar-refractivity contribution in [1.29, 1.82) is 0 Å². The fourth-order valence-corrected chi connectivity index (χ4v) is 7.66. The van der Waals surface area contributed by atoms with Crippen molar-refractivity contribution in [3.8, 4) is 0 Å². The number of allylic oxidation sites excluding steroid dienone is 7. The van der Waals surface area contributed by atoms with Crippen LogP contribution in [0.1, 0.15) is 213 Å². The maximum Gasteiger partial charge on any atom is 0.220 e. The average molecular weight is 848 g/mol. The Morgan fingerprint density at radius 1 is 0.567 bits per heavy atom. The highest BCUT2D eigenvalue weighted by Gasteiger charge is 2.44. The van der Waals surface area contributed by atoms with E-state index in [0.29, 0.717) is 6.42 Å². The van der Waals surface area contributed by atoms with E-state index in [9.17, 15) is 30.3 Å². The molecule has 6 N–H and O–H groups in total. The number of ether oxygens (including phenoxy) is 2. The summed E-state index contributed by atoms with van der Waals surface area (Å²) in [5.41, 5.74) is 0. The number of hydrogen-bond donors (Lipinski definition) is 6.